The summed E-state index contributed by atoms with van der Waals surface area (Å²) in [6, 6.07) is 18.3. The monoisotopic (exact) mass is 411 g/mol. The van der Waals surface area contributed by atoms with E-state index < -0.39 is 16.0 Å². The van der Waals surface area contributed by atoms with Crippen LogP contribution in [-0.2, 0) is 14.8 Å². The molecular formula is C22H21NO5S. The number of esters is 1. The second-order valence-electron chi connectivity index (χ2n) is 6.37. The second-order valence-corrected chi connectivity index (χ2v) is 8.05. The van der Waals surface area contributed by atoms with Crippen LogP contribution in [0.15, 0.2) is 71.6 Å². The molecule has 0 aliphatic rings. The minimum Gasteiger partial charge on any atom is -0.497 e. The number of benzene rings is 3. The van der Waals surface area contributed by atoms with Gasteiger partial charge in [0.1, 0.15) is 5.75 Å². The largest absolute Gasteiger partial charge is 0.497 e. The van der Waals surface area contributed by atoms with Crippen molar-refractivity contribution in [1.82, 2.24) is 0 Å². The molecule has 6 nitrogen and oxygen atoms in total. The Labute approximate surface area is 170 Å². The van der Waals surface area contributed by atoms with Crippen molar-refractivity contribution in [2.45, 2.75) is 11.8 Å². The zero-order chi connectivity index (χ0) is 21.0. The minimum absolute atomic E-state index is 0.132. The second kappa shape index (κ2) is 8.36. The van der Waals surface area contributed by atoms with Gasteiger partial charge in [-0.25, -0.2) is 13.2 Å². The Kier molecular flexibility index (Phi) is 5.89. The van der Waals surface area contributed by atoms with Crippen LogP contribution in [-0.4, -0.2) is 28.6 Å². The topological polar surface area (TPSA) is 81.7 Å². The smallest absolute Gasteiger partial charge is 0.338 e. The van der Waals surface area contributed by atoms with Gasteiger partial charge < -0.3 is 9.47 Å². The summed E-state index contributed by atoms with van der Waals surface area (Å²) in [4.78, 5) is 12.5. The molecule has 0 saturated carbocycles. The summed E-state index contributed by atoms with van der Waals surface area (Å²) >= 11 is 0. The summed E-state index contributed by atoms with van der Waals surface area (Å²) in [7, 11) is -1.01. The van der Waals surface area contributed by atoms with E-state index in [0.717, 1.165) is 5.56 Å². The highest BCUT2D eigenvalue weighted by Gasteiger charge is 2.21. The van der Waals surface area contributed by atoms with E-state index in [-0.39, 0.29) is 16.1 Å². The average molecular weight is 411 g/mol. The van der Waals surface area contributed by atoms with Gasteiger partial charge in [-0.3, -0.25) is 4.72 Å². The Morgan fingerprint density at radius 3 is 2.14 bits per heavy atom. The first-order chi connectivity index (χ1) is 13.9. The molecule has 3 aromatic rings. The van der Waals surface area contributed by atoms with Crippen LogP contribution in [0.1, 0.15) is 15.9 Å². The summed E-state index contributed by atoms with van der Waals surface area (Å²) < 4.78 is 38.5. The zero-order valence-corrected chi connectivity index (χ0v) is 17.1. The van der Waals surface area contributed by atoms with Crippen molar-refractivity contribution >= 4 is 21.7 Å². The third kappa shape index (κ3) is 4.41. The summed E-state index contributed by atoms with van der Waals surface area (Å²) in [5.74, 6) is 0.0817. The summed E-state index contributed by atoms with van der Waals surface area (Å²) in [5.41, 5.74) is 2.56. The highest BCUT2D eigenvalue weighted by atomic mass is 32.2. The van der Waals surface area contributed by atoms with Crippen molar-refractivity contribution in [1.29, 1.82) is 0 Å². The standard InChI is InChI=1S/C22H21NO5S/c1-15-7-13-18(14-8-15)29(25,26)23-20-6-4-5-19(22(24)28-3)21(20)16-9-11-17(27-2)12-10-16/h4-14,23H,1-3H3. The molecule has 0 fully saturated rings. The molecule has 0 spiro atoms. The molecule has 0 heterocycles. The van der Waals surface area contributed by atoms with Crippen LogP contribution in [0, 0.1) is 6.92 Å². The highest BCUT2D eigenvalue weighted by Crippen LogP contribution is 2.34. The van der Waals surface area contributed by atoms with Gasteiger partial charge in [0, 0.05) is 5.56 Å². The maximum atomic E-state index is 12.9. The number of anilines is 1. The molecule has 0 saturated heterocycles. The van der Waals surface area contributed by atoms with E-state index >= 15 is 0 Å². The van der Waals surface area contributed by atoms with Crippen molar-refractivity contribution < 1.29 is 22.7 Å². The lowest BCUT2D eigenvalue weighted by atomic mass is 9.97. The van der Waals surface area contributed by atoms with E-state index in [1.807, 2.05) is 6.92 Å². The van der Waals surface area contributed by atoms with E-state index in [4.69, 9.17) is 9.47 Å². The summed E-state index contributed by atoms with van der Waals surface area (Å²) in [6.07, 6.45) is 0. The van der Waals surface area contributed by atoms with Crippen molar-refractivity contribution in [3.63, 3.8) is 0 Å². The van der Waals surface area contributed by atoms with E-state index in [9.17, 15) is 13.2 Å². The molecule has 1 N–H and O–H groups in total. The van der Waals surface area contributed by atoms with E-state index in [1.54, 1.807) is 61.7 Å². The van der Waals surface area contributed by atoms with Gasteiger partial charge in [-0.2, -0.15) is 0 Å². The predicted octanol–water partition coefficient (Wildman–Crippen LogP) is 4.26. The predicted molar refractivity (Wildman–Crippen MR) is 112 cm³/mol. The number of methoxy groups -OCH3 is 2. The van der Waals surface area contributed by atoms with Gasteiger partial charge in [-0.1, -0.05) is 35.9 Å². The van der Waals surface area contributed by atoms with Crippen molar-refractivity contribution in [2.24, 2.45) is 0 Å². The van der Waals surface area contributed by atoms with Crippen molar-refractivity contribution in [2.75, 3.05) is 18.9 Å². The first-order valence-corrected chi connectivity index (χ1v) is 10.3. The Morgan fingerprint density at radius 2 is 1.55 bits per heavy atom. The molecule has 0 unspecified atom stereocenters. The molecule has 0 aromatic heterocycles. The molecule has 150 valence electrons. The fourth-order valence-electron chi connectivity index (χ4n) is 2.91. The number of carbonyl (C=O) groups is 1. The number of carbonyl (C=O) groups excluding carboxylic acids is 1. The minimum atomic E-state index is -3.85. The van der Waals surface area contributed by atoms with Crippen LogP contribution in [0.4, 0.5) is 5.69 Å². The third-order valence-corrected chi connectivity index (χ3v) is 5.81. The van der Waals surface area contributed by atoms with Gasteiger partial charge in [0.2, 0.25) is 0 Å². The van der Waals surface area contributed by atoms with E-state index in [0.29, 0.717) is 16.9 Å². The molecule has 0 bridgehead atoms. The molecule has 3 rings (SSSR count). The van der Waals surface area contributed by atoms with Gasteiger partial charge in [0.05, 0.1) is 30.4 Å². The highest BCUT2D eigenvalue weighted by molar-refractivity contribution is 7.92. The molecule has 7 heteroatoms. The van der Waals surface area contributed by atoms with Gasteiger partial charge in [0.15, 0.2) is 0 Å². The lowest BCUT2D eigenvalue weighted by Gasteiger charge is -2.16. The zero-order valence-electron chi connectivity index (χ0n) is 16.3. The van der Waals surface area contributed by atoms with Crippen molar-refractivity contribution in [3.8, 4) is 16.9 Å². The Bertz CT molecular complexity index is 1120. The van der Waals surface area contributed by atoms with Gasteiger partial charge in [0.25, 0.3) is 10.0 Å². The Morgan fingerprint density at radius 1 is 0.897 bits per heavy atom. The molecule has 29 heavy (non-hydrogen) atoms. The van der Waals surface area contributed by atoms with Crippen LogP contribution in [0.3, 0.4) is 0 Å². The van der Waals surface area contributed by atoms with Crippen LogP contribution in [0.2, 0.25) is 0 Å². The lowest BCUT2D eigenvalue weighted by Crippen LogP contribution is -2.15. The van der Waals surface area contributed by atoms with Crippen LogP contribution in [0.25, 0.3) is 11.1 Å². The molecular weight excluding hydrogens is 390 g/mol. The quantitative estimate of drug-likeness (QED) is 0.613. The van der Waals surface area contributed by atoms with Gasteiger partial charge in [-0.05, 0) is 48.9 Å². The maximum Gasteiger partial charge on any atom is 0.338 e. The number of ether oxygens (including phenoxy) is 2. The van der Waals surface area contributed by atoms with Crippen LogP contribution >= 0.6 is 0 Å². The van der Waals surface area contributed by atoms with Crippen LogP contribution in [0.5, 0.6) is 5.75 Å². The first kappa shape index (κ1) is 20.4. The van der Waals surface area contributed by atoms with E-state index in [2.05, 4.69) is 4.72 Å². The molecule has 3 aromatic carbocycles. The first-order valence-electron chi connectivity index (χ1n) is 8.81. The van der Waals surface area contributed by atoms with E-state index in [1.165, 1.54) is 19.2 Å². The van der Waals surface area contributed by atoms with Crippen LogP contribution < -0.4 is 9.46 Å². The number of hydrogen-bond donors (Lipinski definition) is 1. The normalized spacial score (nSPS) is 11.0. The third-order valence-electron chi connectivity index (χ3n) is 4.42. The Hall–Kier alpha value is -3.32. The van der Waals surface area contributed by atoms with Gasteiger partial charge >= 0.3 is 5.97 Å². The van der Waals surface area contributed by atoms with Crippen molar-refractivity contribution in [3.05, 3.63) is 77.9 Å². The Balaban J connectivity index is 2.12. The molecule has 0 aliphatic heterocycles. The number of aryl methyl sites for hydroxylation is 1. The SMILES string of the molecule is COC(=O)c1cccc(NS(=O)(=O)c2ccc(C)cc2)c1-c1ccc(OC)cc1. The number of nitrogens with one attached hydrogen (secondary N) is 1. The molecule has 0 atom stereocenters. The molecule has 0 radical (unpaired) electrons. The molecule has 0 aliphatic carbocycles. The summed E-state index contributed by atoms with van der Waals surface area (Å²) in [6.45, 7) is 1.88. The lowest BCUT2D eigenvalue weighted by molar-refractivity contribution is 0.0601. The van der Waals surface area contributed by atoms with Gasteiger partial charge in [-0.15, -0.1) is 0 Å². The maximum absolute atomic E-state index is 12.9. The summed E-state index contributed by atoms with van der Waals surface area (Å²) in [5, 5.41) is 0. The number of rotatable bonds is 6. The molecule has 0 amide bonds. The fourth-order valence-corrected chi connectivity index (χ4v) is 3.98. The average Bonchev–Trinajstić information content (AvgIpc) is 2.73. The number of hydrogen-bond acceptors (Lipinski definition) is 5. The fraction of sp³-hybridized carbons (Fsp3) is 0.136. The number of sulfonamides is 1.